The number of hydrogen-bond acceptors (Lipinski definition) is 4. The quantitative estimate of drug-likeness (QED) is 0.813. The molecule has 0 bridgehead atoms. The molecule has 2 aromatic rings. The molecule has 3 rings (SSSR count). The molecule has 0 atom stereocenters. The molecule has 1 aliphatic heterocycles. The minimum Gasteiger partial charge on any atom is -0.458 e. The highest BCUT2D eigenvalue weighted by Gasteiger charge is 2.18. The van der Waals surface area contributed by atoms with Crippen molar-refractivity contribution in [2.24, 2.45) is 0 Å². The predicted molar refractivity (Wildman–Crippen MR) is 64.4 cm³/mol. The maximum absolute atomic E-state index is 5.32. The maximum Gasteiger partial charge on any atom is 0.338 e. The third-order valence-corrected chi connectivity index (χ3v) is 2.57. The van der Waals surface area contributed by atoms with Crippen molar-refractivity contribution >= 4 is 5.95 Å². The molecule has 0 saturated heterocycles. The number of benzene rings is 1. The van der Waals surface area contributed by atoms with Gasteiger partial charge in [0.1, 0.15) is 6.61 Å². The maximum atomic E-state index is 5.32. The van der Waals surface area contributed by atoms with Crippen LogP contribution in [0.25, 0.3) is 5.69 Å². The lowest BCUT2D eigenvalue weighted by Gasteiger charge is -2.17. The number of ether oxygens (including phenoxy) is 1. The SMILES string of the molecule is C=CCOc1nc2n(n1)-c1ccccc1CN2. The van der Waals surface area contributed by atoms with Crippen LogP contribution in [-0.2, 0) is 6.54 Å². The Morgan fingerprint density at radius 1 is 1.47 bits per heavy atom. The van der Waals surface area contributed by atoms with Crippen molar-refractivity contribution in [2.45, 2.75) is 6.54 Å². The van der Waals surface area contributed by atoms with Crippen molar-refractivity contribution in [2.75, 3.05) is 11.9 Å². The van der Waals surface area contributed by atoms with E-state index in [0.29, 0.717) is 18.6 Å². The first kappa shape index (κ1) is 9.89. The van der Waals surface area contributed by atoms with Gasteiger partial charge in [-0.05, 0) is 11.6 Å². The molecule has 0 unspecified atom stereocenters. The van der Waals surface area contributed by atoms with Gasteiger partial charge < -0.3 is 10.1 Å². The minimum absolute atomic E-state index is 0.365. The van der Waals surface area contributed by atoms with E-state index in [0.717, 1.165) is 12.2 Å². The Morgan fingerprint density at radius 3 is 3.24 bits per heavy atom. The Labute approximate surface area is 98.7 Å². The molecular formula is C12H12N4O. The third-order valence-electron chi connectivity index (χ3n) is 2.57. The molecule has 0 aliphatic carbocycles. The first-order valence-corrected chi connectivity index (χ1v) is 5.41. The van der Waals surface area contributed by atoms with Crippen LogP contribution in [0, 0.1) is 0 Å². The first-order valence-electron chi connectivity index (χ1n) is 5.41. The van der Waals surface area contributed by atoms with Gasteiger partial charge in [-0.2, -0.15) is 9.67 Å². The molecule has 1 aromatic heterocycles. The summed E-state index contributed by atoms with van der Waals surface area (Å²) < 4.78 is 7.08. The number of rotatable bonds is 3. The molecule has 0 fully saturated rings. The van der Waals surface area contributed by atoms with E-state index >= 15 is 0 Å². The van der Waals surface area contributed by atoms with Crippen LogP contribution in [0.3, 0.4) is 0 Å². The number of fused-ring (bicyclic) bond motifs is 3. The van der Waals surface area contributed by atoms with Gasteiger partial charge in [-0.15, -0.1) is 5.10 Å². The van der Waals surface area contributed by atoms with E-state index in [1.165, 1.54) is 5.56 Å². The summed E-state index contributed by atoms with van der Waals surface area (Å²) in [5, 5.41) is 7.50. The summed E-state index contributed by atoms with van der Waals surface area (Å²) in [6, 6.07) is 8.45. The summed E-state index contributed by atoms with van der Waals surface area (Å²) >= 11 is 0. The Morgan fingerprint density at radius 2 is 2.35 bits per heavy atom. The topological polar surface area (TPSA) is 52.0 Å². The number of nitrogens with zero attached hydrogens (tertiary/aromatic N) is 3. The average molecular weight is 228 g/mol. The highest BCUT2D eigenvalue weighted by atomic mass is 16.5. The van der Waals surface area contributed by atoms with Gasteiger partial charge in [-0.25, -0.2) is 0 Å². The Hall–Kier alpha value is -2.30. The number of para-hydroxylation sites is 1. The fourth-order valence-corrected chi connectivity index (χ4v) is 1.81. The third kappa shape index (κ3) is 1.65. The van der Waals surface area contributed by atoms with Crippen LogP contribution in [0.2, 0.25) is 0 Å². The summed E-state index contributed by atoms with van der Waals surface area (Å²) in [5.41, 5.74) is 2.24. The van der Waals surface area contributed by atoms with Crippen LogP contribution in [0.15, 0.2) is 36.9 Å². The monoisotopic (exact) mass is 228 g/mol. The zero-order valence-electron chi connectivity index (χ0n) is 9.26. The molecule has 0 radical (unpaired) electrons. The summed E-state index contributed by atoms with van der Waals surface area (Å²) in [7, 11) is 0. The smallest absolute Gasteiger partial charge is 0.338 e. The zero-order chi connectivity index (χ0) is 11.7. The fraction of sp³-hybridized carbons (Fsp3) is 0.167. The van der Waals surface area contributed by atoms with Gasteiger partial charge in [0.25, 0.3) is 0 Å². The number of aromatic nitrogens is 3. The van der Waals surface area contributed by atoms with Crippen LogP contribution in [0.1, 0.15) is 5.56 Å². The van der Waals surface area contributed by atoms with Crippen LogP contribution < -0.4 is 10.1 Å². The van der Waals surface area contributed by atoms with E-state index in [2.05, 4.69) is 28.0 Å². The molecule has 1 N–H and O–H groups in total. The van der Waals surface area contributed by atoms with E-state index in [1.54, 1.807) is 10.8 Å². The summed E-state index contributed by atoms with van der Waals surface area (Å²) in [6.07, 6.45) is 1.67. The Bertz CT molecular complexity index is 561. The van der Waals surface area contributed by atoms with Gasteiger partial charge in [-0.1, -0.05) is 30.9 Å². The lowest BCUT2D eigenvalue weighted by molar-refractivity contribution is 0.333. The minimum atomic E-state index is 0.365. The van der Waals surface area contributed by atoms with E-state index in [4.69, 9.17) is 4.74 Å². The van der Waals surface area contributed by atoms with Crippen molar-refractivity contribution < 1.29 is 4.74 Å². The van der Waals surface area contributed by atoms with Crippen molar-refractivity contribution in [1.29, 1.82) is 0 Å². The molecule has 0 saturated carbocycles. The average Bonchev–Trinajstić information content (AvgIpc) is 2.79. The van der Waals surface area contributed by atoms with E-state index < -0.39 is 0 Å². The molecule has 17 heavy (non-hydrogen) atoms. The van der Waals surface area contributed by atoms with Crippen LogP contribution in [-0.4, -0.2) is 21.4 Å². The largest absolute Gasteiger partial charge is 0.458 e. The van der Waals surface area contributed by atoms with Crippen LogP contribution in [0.5, 0.6) is 6.01 Å². The molecule has 0 amide bonds. The van der Waals surface area contributed by atoms with Gasteiger partial charge in [0.05, 0.1) is 5.69 Å². The highest BCUT2D eigenvalue weighted by molar-refractivity contribution is 5.51. The molecule has 1 aromatic carbocycles. The summed E-state index contributed by atoms with van der Waals surface area (Å²) in [4.78, 5) is 4.26. The molecule has 0 spiro atoms. The Balaban J connectivity index is 2.01. The molecule has 5 heteroatoms. The van der Waals surface area contributed by atoms with Crippen molar-refractivity contribution in [1.82, 2.24) is 14.8 Å². The molecule has 2 heterocycles. The second kappa shape index (κ2) is 3.93. The van der Waals surface area contributed by atoms with Crippen LogP contribution in [0.4, 0.5) is 5.95 Å². The first-order chi connectivity index (χ1) is 8.38. The predicted octanol–water partition coefficient (Wildman–Crippen LogP) is 1.76. The molecular weight excluding hydrogens is 216 g/mol. The van der Waals surface area contributed by atoms with Gasteiger partial charge in [0.15, 0.2) is 0 Å². The van der Waals surface area contributed by atoms with Gasteiger partial charge in [-0.3, -0.25) is 0 Å². The van der Waals surface area contributed by atoms with Crippen molar-refractivity contribution in [3.8, 4) is 11.7 Å². The summed E-state index contributed by atoms with van der Waals surface area (Å²) in [6.45, 7) is 4.76. The Kier molecular flexibility index (Phi) is 2.29. The number of hydrogen-bond donors (Lipinski definition) is 1. The lowest BCUT2D eigenvalue weighted by atomic mass is 10.1. The van der Waals surface area contributed by atoms with E-state index in [9.17, 15) is 0 Å². The van der Waals surface area contributed by atoms with E-state index in [-0.39, 0.29) is 0 Å². The lowest BCUT2D eigenvalue weighted by Crippen LogP contribution is -2.15. The number of anilines is 1. The van der Waals surface area contributed by atoms with Crippen molar-refractivity contribution in [3.63, 3.8) is 0 Å². The fourth-order valence-electron chi connectivity index (χ4n) is 1.81. The van der Waals surface area contributed by atoms with Gasteiger partial charge in [0, 0.05) is 6.54 Å². The van der Waals surface area contributed by atoms with E-state index in [1.807, 2.05) is 18.2 Å². The zero-order valence-corrected chi connectivity index (χ0v) is 9.26. The van der Waals surface area contributed by atoms with Crippen LogP contribution >= 0.6 is 0 Å². The molecule has 1 aliphatic rings. The summed E-state index contributed by atoms with van der Waals surface area (Å²) in [5.74, 6) is 0.711. The van der Waals surface area contributed by atoms with Crippen molar-refractivity contribution in [3.05, 3.63) is 42.5 Å². The normalized spacial score (nSPS) is 12.2. The van der Waals surface area contributed by atoms with Gasteiger partial charge in [0.2, 0.25) is 5.95 Å². The van der Waals surface area contributed by atoms with Gasteiger partial charge >= 0.3 is 6.01 Å². The highest BCUT2D eigenvalue weighted by Crippen LogP contribution is 2.25. The standard InChI is InChI=1S/C12H12N4O/c1-2-7-17-12-14-11-13-8-9-5-3-4-6-10(9)16(11)15-12/h2-6H,1,7-8H2,(H,13,14,15). The molecule has 5 nitrogen and oxygen atoms in total. The molecule has 86 valence electrons. The second-order valence-corrected chi connectivity index (χ2v) is 3.71. The number of nitrogens with one attached hydrogen (secondary N) is 1. The second-order valence-electron chi connectivity index (χ2n) is 3.71.